The highest BCUT2D eigenvalue weighted by atomic mass is 32.1. The molecule has 0 radical (unpaired) electrons. The summed E-state index contributed by atoms with van der Waals surface area (Å²) in [5, 5.41) is 18.2. The lowest BCUT2D eigenvalue weighted by Gasteiger charge is -2.38. The number of amides is 4. The van der Waals surface area contributed by atoms with Crippen molar-refractivity contribution in [1.82, 2.24) is 15.1 Å². The zero-order chi connectivity index (χ0) is 27.2. The van der Waals surface area contributed by atoms with Gasteiger partial charge in [0.2, 0.25) is 5.91 Å². The van der Waals surface area contributed by atoms with Gasteiger partial charge in [0.25, 0.3) is 5.91 Å². The van der Waals surface area contributed by atoms with Gasteiger partial charge in [0.1, 0.15) is 5.75 Å². The number of benzene rings is 2. The molecule has 2 aliphatic rings. The van der Waals surface area contributed by atoms with E-state index in [1.54, 1.807) is 40.1 Å². The van der Waals surface area contributed by atoms with Crippen LogP contribution in [0.5, 0.6) is 5.75 Å². The fourth-order valence-corrected chi connectivity index (χ4v) is 4.95. The molecule has 2 aromatic carbocycles. The van der Waals surface area contributed by atoms with Crippen LogP contribution in [0.3, 0.4) is 0 Å². The number of esters is 1. The van der Waals surface area contributed by atoms with Crippen LogP contribution in [-0.4, -0.2) is 83.9 Å². The Hall–Kier alpha value is -3.93. The molecule has 38 heavy (non-hydrogen) atoms. The Morgan fingerprint density at radius 1 is 1.11 bits per heavy atom. The Balaban J connectivity index is 1.30. The number of ether oxygens (including phenoxy) is 1. The van der Waals surface area contributed by atoms with E-state index in [1.807, 2.05) is 0 Å². The highest BCUT2D eigenvalue weighted by Gasteiger charge is 2.31. The number of hydrogen-bond donors (Lipinski definition) is 5. The van der Waals surface area contributed by atoms with E-state index in [0.717, 1.165) is 5.56 Å². The molecule has 0 spiro atoms. The summed E-state index contributed by atoms with van der Waals surface area (Å²) in [5.41, 5.74) is 2.53. The summed E-state index contributed by atoms with van der Waals surface area (Å²) in [6.45, 7) is 1.26. The number of phenols is 1. The number of carbonyl (C=O) groups excluding carboxylic acids is 4. The Kier molecular flexibility index (Phi) is 8.62. The molecule has 2 aromatic rings. The number of nitrogens with zero attached hydrogens (tertiary/aromatic N) is 2. The quantitative estimate of drug-likeness (QED) is 0.157. The zero-order valence-electron chi connectivity index (χ0n) is 21.0. The molecule has 2 heterocycles. The number of anilines is 2. The number of piperidine rings is 1. The largest absolute Gasteiger partial charge is 0.508 e. The second-order valence-electron chi connectivity index (χ2n) is 9.14. The molecule has 1 saturated heterocycles. The van der Waals surface area contributed by atoms with Crippen molar-refractivity contribution in [2.45, 2.75) is 25.3 Å². The number of methoxy groups -OCH3 is 1. The van der Waals surface area contributed by atoms with E-state index < -0.39 is 11.9 Å². The molecular formula is C26H31N5O6S. The minimum absolute atomic E-state index is 0.0182. The molecule has 0 unspecified atom stereocenters. The first kappa shape index (κ1) is 27.1. The van der Waals surface area contributed by atoms with E-state index >= 15 is 0 Å². The number of rotatable bonds is 7. The second kappa shape index (κ2) is 12.1. The molecule has 0 aromatic heterocycles. The van der Waals surface area contributed by atoms with E-state index in [2.05, 4.69) is 28.6 Å². The first-order valence-corrected chi connectivity index (χ1v) is 13.0. The average Bonchev–Trinajstić information content (AvgIpc) is 3.08. The molecule has 2 aliphatic heterocycles. The van der Waals surface area contributed by atoms with Crippen LogP contribution in [-0.2, 0) is 16.0 Å². The molecular weight excluding hydrogens is 510 g/mol. The Labute approximate surface area is 225 Å². The van der Waals surface area contributed by atoms with Crippen LogP contribution >= 0.6 is 12.6 Å². The summed E-state index contributed by atoms with van der Waals surface area (Å²) >= 11 is 4.11. The smallest absolute Gasteiger partial charge is 0.337 e. The van der Waals surface area contributed by atoms with Crippen molar-refractivity contribution in [3.8, 4) is 5.75 Å². The molecule has 4 amide bonds. The first-order chi connectivity index (χ1) is 18.3. The highest BCUT2D eigenvalue weighted by molar-refractivity contribution is 7.80. The fourth-order valence-electron chi connectivity index (χ4n) is 4.77. The van der Waals surface area contributed by atoms with Gasteiger partial charge in [-0.25, -0.2) is 9.59 Å². The Bertz CT molecular complexity index is 1230. The number of likely N-dealkylation sites (tertiary alicyclic amines) is 1. The van der Waals surface area contributed by atoms with Crippen LogP contribution in [0.1, 0.15) is 39.1 Å². The SMILES string of the molecule is COC(=O)c1cc(NCS)cc(C(=O)NCC(=O)N2CCC(N3CCc4cc(O)ccc4NC3=O)CC2)c1. The van der Waals surface area contributed by atoms with Crippen LogP contribution < -0.4 is 16.0 Å². The van der Waals surface area contributed by atoms with E-state index in [0.29, 0.717) is 56.1 Å². The van der Waals surface area contributed by atoms with E-state index in [9.17, 15) is 24.3 Å². The minimum Gasteiger partial charge on any atom is -0.508 e. The number of urea groups is 1. The average molecular weight is 542 g/mol. The summed E-state index contributed by atoms with van der Waals surface area (Å²) < 4.78 is 4.75. The van der Waals surface area contributed by atoms with Gasteiger partial charge in [-0.05, 0) is 61.2 Å². The lowest BCUT2D eigenvalue weighted by atomic mass is 10.0. The lowest BCUT2D eigenvalue weighted by molar-refractivity contribution is -0.131. The highest BCUT2D eigenvalue weighted by Crippen LogP contribution is 2.27. The maximum atomic E-state index is 12.8. The second-order valence-corrected chi connectivity index (χ2v) is 9.45. The van der Waals surface area contributed by atoms with Crippen molar-refractivity contribution in [3.05, 3.63) is 53.1 Å². The molecule has 11 nitrogen and oxygen atoms in total. The Morgan fingerprint density at radius 3 is 2.55 bits per heavy atom. The zero-order valence-corrected chi connectivity index (χ0v) is 21.9. The van der Waals surface area contributed by atoms with E-state index in [-0.39, 0.29) is 41.4 Å². The number of phenolic OH excluding ortho intramolecular Hbond substituents is 1. The number of carbonyl (C=O) groups is 4. The summed E-state index contributed by atoms with van der Waals surface area (Å²) in [4.78, 5) is 53.8. The maximum Gasteiger partial charge on any atom is 0.337 e. The van der Waals surface area contributed by atoms with Crippen LogP contribution in [0, 0.1) is 0 Å². The van der Waals surface area contributed by atoms with E-state index in [4.69, 9.17) is 4.74 Å². The minimum atomic E-state index is -0.582. The van der Waals surface area contributed by atoms with Gasteiger partial charge < -0.3 is 35.6 Å². The van der Waals surface area contributed by atoms with Crippen molar-refractivity contribution >= 4 is 47.8 Å². The number of hydrogen-bond acceptors (Lipinski definition) is 8. The molecule has 0 saturated carbocycles. The Morgan fingerprint density at radius 2 is 1.84 bits per heavy atom. The van der Waals surface area contributed by atoms with Crippen molar-refractivity contribution in [2.24, 2.45) is 0 Å². The topological polar surface area (TPSA) is 140 Å². The monoisotopic (exact) mass is 541 g/mol. The summed E-state index contributed by atoms with van der Waals surface area (Å²) in [7, 11) is 1.26. The van der Waals surface area contributed by atoms with Crippen LogP contribution in [0.25, 0.3) is 0 Å². The fraction of sp³-hybridized carbons (Fsp3) is 0.385. The standard InChI is InChI=1S/C26H31N5O6S/c1-37-25(35)18-10-17(11-19(12-18)28-15-38)24(34)27-14-23(33)30-7-5-20(6-8-30)31-9-4-16-13-21(32)2-3-22(16)29-26(31)36/h2-3,10-13,20,28,32,38H,4-9,14-15H2,1H3,(H,27,34)(H,29,36). The summed E-state index contributed by atoms with van der Waals surface area (Å²) in [6, 6.07) is 9.24. The number of aromatic hydroxyl groups is 1. The van der Waals surface area contributed by atoms with Gasteiger partial charge in [-0.15, -0.1) is 0 Å². The molecule has 4 N–H and O–H groups in total. The third-order valence-electron chi connectivity index (χ3n) is 6.77. The number of fused-ring (bicyclic) bond motifs is 1. The third-order valence-corrected chi connectivity index (χ3v) is 6.93. The molecule has 0 aliphatic carbocycles. The van der Waals surface area contributed by atoms with Crippen molar-refractivity contribution in [3.63, 3.8) is 0 Å². The van der Waals surface area contributed by atoms with Gasteiger partial charge in [0, 0.05) is 42.6 Å². The van der Waals surface area contributed by atoms with Crippen LogP contribution in [0.2, 0.25) is 0 Å². The molecule has 202 valence electrons. The molecule has 0 bridgehead atoms. The van der Waals surface area contributed by atoms with Crippen molar-refractivity contribution < 1.29 is 29.0 Å². The molecule has 0 atom stereocenters. The third kappa shape index (κ3) is 6.31. The van der Waals surface area contributed by atoms with Crippen LogP contribution in [0.4, 0.5) is 16.2 Å². The van der Waals surface area contributed by atoms with Gasteiger partial charge in [0.05, 0.1) is 25.1 Å². The summed E-state index contributed by atoms with van der Waals surface area (Å²) in [5.74, 6) is -0.835. The van der Waals surface area contributed by atoms with Gasteiger partial charge in [0.15, 0.2) is 0 Å². The van der Waals surface area contributed by atoms with Gasteiger partial charge in [-0.3, -0.25) is 9.59 Å². The summed E-state index contributed by atoms with van der Waals surface area (Å²) in [6.07, 6.45) is 1.86. The van der Waals surface area contributed by atoms with Gasteiger partial charge in [-0.2, -0.15) is 12.6 Å². The predicted octanol–water partition coefficient (Wildman–Crippen LogP) is 2.29. The number of nitrogens with one attached hydrogen (secondary N) is 3. The van der Waals surface area contributed by atoms with Crippen molar-refractivity contribution in [2.75, 3.05) is 49.8 Å². The maximum absolute atomic E-state index is 12.8. The molecule has 4 rings (SSSR count). The lowest BCUT2D eigenvalue weighted by Crippen LogP contribution is -2.51. The van der Waals surface area contributed by atoms with Gasteiger partial charge in [-0.1, -0.05) is 0 Å². The van der Waals surface area contributed by atoms with Crippen molar-refractivity contribution in [1.29, 1.82) is 0 Å². The van der Waals surface area contributed by atoms with E-state index in [1.165, 1.54) is 13.2 Å². The first-order valence-electron chi connectivity index (χ1n) is 12.3. The number of thiol groups is 1. The predicted molar refractivity (Wildman–Crippen MR) is 145 cm³/mol. The normalized spacial score (nSPS) is 15.7. The van der Waals surface area contributed by atoms with Crippen LogP contribution in [0.15, 0.2) is 36.4 Å². The van der Waals surface area contributed by atoms with Gasteiger partial charge >= 0.3 is 12.0 Å². The molecule has 1 fully saturated rings. The molecule has 12 heteroatoms.